The van der Waals surface area contributed by atoms with Crippen LogP contribution in [0.2, 0.25) is 0 Å². The molecule has 1 N–H and O–H groups in total. The van der Waals surface area contributed by atoms with Crippen molar-refractivity contribution in [1.82, 2.24) is 10.2 Å². The Morgan fingerprint density at radius 2 is 1.72 bits per heavy atom. The molecule has 132 valence electrons. The van der Waals surface area contributed by atoms with Crippen LogP contribution in [0.25, 0.3) is 10.8 Å². The Labute approximate surface area is 150 Å². The molecule has 0 saturated carbocycles. The molecule has 2 aromatic rings. The molecule has 0 aliphatic carbocycles. The lowest BCUT2D eigenvalue weighted by molar-refractivity contribution is 0.0752. The summed E-state index contributed by atoms with van der Waals surface area (Å²) in [7, 11) is 0. The van der Waals surface area contributed by atoms with Gasteiger partial charge in [-0.15, -0.1) is 0 Å². The summed E-state index contributed by atoms with van der Waals surface area (Å²) in [5.74, 6) is 0.210. The molecule has 0 radical (unpaired) electrons. The summed E-state index contributed by atoms with van der Waals surface area (Å²) in [4.78, 5) is 15.4. The summed E-state index contributed by atoms with van der Waals surface area (Å²) in [6, 6.07) is 12.4. The molecule has 0 aromatic heterocycles. The van der Waals surface area contributed by atoms with Crippen LogP contribution >= 0.6 is 0 Å². The summed E-state index contributed by atoms with van der Waals surface area (Å²) < 4.78 is 0. The van der Waals surface area contributed by atoms with Gasteiger partial charge in [-0.2, -0.15) is 0 Å². The second-order valence-corrected chi connectivity index (χ2v) is 7.87. The number of hydrogen-bond donors (Lipinski definition) is 1. The van der Waals surface area contributed by atoms with Crippen molar-refractivity contribution in [3.63, 3.8) is 0 Å². The van der Waals surface area contributed by atoms with Crippen LogP contribution in [0.15, 0.2) is 36.4 Å². The van der Waals surface area contributed by atoms with Crippen molar-refractivity contribution in [3.8, 4) is 0 Å². The van der Waals surface area contributed by atoms with Crippen LogP contribution in [0.5, 0.6) is 0 Å². The van der Waals surface area contributed by atoms with Gasteiger partial charge in [-0.25, -0.2) is 0 Å². The van der Waals surface area contributed by atoms with Gasteiger partial charge >= 0.3 is 0 Å². The highest BCUT2D eigenvalue weighted by molar-refractivity contribution is 6.07. The summed E-state index contributed by atoms with van der Waals surface area (Å²) in [5.41, 5.74) is 2.56. The number of fused-ring (bicyclic) bond motifs is 1. The molecular formula is C22H28N2O. The highest BCUT2D eigenvalue weighted by Gasteiger charge is 2.35. The van der Waals surface area contributed by atoms with Gasteiger partial charge in [-0.1, -0.05) is 30.3 Å². The number of carbonyl (C=O) groups excluding carboxylic acids is 1. The highest BCUT2D eigenvalue weighted by Crippen LogP contribution is 2.39. The summed E-state index contributed by atoms with van der Waals surface area (Å²) in [6.07, 6.45) is 6.10. The molecule has 2 fully saturated rings. The Kier molecular flexibility index (Phi) is 4.51. The standard InChI is InChI=1S/C22H28N2O/c1-17-7-8-20(19-6-3-2-5-18(17)19)21(25)24-15-4-9-22(12-16-24)10-13-23-14-11-22/h2-3,5-8,23H,4,9-16H2,1H3. The van der Waals surface area contributed by atoms with E-state index in [0.29, 0.717) is 5.41 Å². The zero-order chi connectivity index (χ0) is 17.3. The largest absolute Gasteiger partial charge is 0.339 e. The number of piperidine rings is 1. The lowest BCUT2D eigenvalue weighted by atomic mass is 9.73. The normalized spacial score (nSPS) is 20.6. The third kappa shape index (κ3) is 3.18. The number of nitrogens with one attached hydrogen (secondary N) is 1. The molecule has 3 nitrogen and oxygen atoms in total. The molecule has 2 heterocycles. The quantitative estimate of drug-likeness (QED) is 0.849. The minimum absolute atomic E-state index is 0.210. The lowest BCUT2D eigenvalue weighted by Gasteiger charge is -2.37. The van der Waals surface area contributed by atoms with Crippen LogP contribution in [-0.2, 0) is 0 Å². The predicted octanol–water partition coefficient (Wildman–Crippen LogP) is 4.14. The van der Waals surface area contributed by atoms with Crippen molar-refractivity contribution in [2.45, 2.75) is 39.0 Å². The average Bonchev–Trinajstić information content (AvgIpc) is 2.85. The molecule has 4 rings (SSSR count). The molecular weight excluding hydrogens is 308 g/mol. The van der Waals surface area contributed by atoms with E-state index in [1.165, 1.54) is 30.2 Å². The van der Waals surface area contributed by atoms with Gasteiger partial charge in [0.25, 0.3) is 5.91 Å². The van der Waals surface area contributed by atoms with Gasteiger partial charge in [0.05, 0.1) is 0 Å². The molecule has 1 amide bonds. The highest BCUT2D eigenvalue weighted by atomic mass is 16.2. The van der Waals surface area contributed by atoms with E-state index in [1.807, 2.05) is 12.1 Å². The summed E-state index contributed by atoms with van der Waals surface area (Å²) in [5, 5.41) is 5.77. The van der Waals surface area contributed by atoms with E-state index in [4.69, 9.17) is 0 Å². The van der Waals surface area contributed by atoms with Crippen molar-refractivity contribution in [2.24, 2.45) is 5.41 Å². The minimum atomic E-state index is 0.210. The molecule has 0 unspecified atom stereocenters. The van der Waals surface area contributed by atoms with Gasteiger partial charge in [0, 0.05) is 18.7 Å². The smallest absolute Gasteiger partial charge is 0.254 e. The Morgan fingerprint density at radius 1 is 0.960 bits per heavy atom. The third-order valence-electron chi connectivity index (χ3n) is 6.37. The van der Waals surface area contributed by atoms with Gasteiger partial charge < -0.3 is 10.2 Å². The second-order valence-electron chi connectivity index (χ2n) is 7.87. The number of aryl methyl sites for hydroxylation is 1. The average molecular weight is 336 g/mol. The fourth-order valence-corrected chi connectivity index (χ4v) is 4.72. The maximum Gasteiger partial charge on any atom is 0.254 e. The topological polar surface area (TPSA) is 32.3 Å². The predicted molar refractivity (Wildman–Crippen MR) is 103 cm³/mol. The molecule has 2 saturated heterocycles. The summed E-state index contributed by atoms with van der Waals surface area (Å²) >= 11 is 0. The van der Waals surface area contributed by atoms with Gasteiger partial charge in [-0.05, 0) is 79.9 Å². The maximum absolute atomic E-state index is 13.3. The van der Waals surface area contributed by atoms with Crippen LogP contribution < -0.4 is 5.32 Å². The van der Waals surface area contributed by atoms with Crippen molar-refractivity contribution < 1.29 is 4.79 Å². The van der Waals surface area contributed by atoms with E-state index in [0.717, 1.165) is 50.0 Å². The lowest BCUT2D eigenvalue weighted by Crippen LogP contribution is -2.38. The van der Waals surface area contributed by atoms with Crippen LogP contribution in [0.1, 0.15) is 48.0 Å². The SMILES string of the molecule is Cc1ccc(C(=O)N2CCCC3(CCNCC3)CC2)c2ccccc12. The number of hydrogen-bond acceptors (Lipinski definition) is 2. The van der Waals surface area contributed by atoms with E-state index < -0.39 is 0 Å². The molecule has 25 heavy (non-hydrogen) atoms. The van der Waals surface area contributed by atoms with E-state index in [9.17, 15) is 4.79 Å². The van der Waals surface area contributed by atoms with Gasteiger partial charge in [0.15, 0.2) is 0 Å². The van der Waals surface area contributed by atoms with Crippen molar-refractivity contribution in [1.29, 1.82) is 0 Å². The van der Waals surface area contributed by atoms with Gasteiger partial charge in [0.1, 0.15) is 0 Å². The van der Waals surface area contributed by atoms with Gasteiger partial charge in [-0.3, -0.25) is 4.79 Å². The van der Waals surface area contributed by atoms with Gasteiger partial charge in [0.2, 0.25) is 0 Å². The zero-order valence-corrected chi connectivity index (χ0v) is 15.2. The number of likely N-dealkylation sites (tertiary alicyclic amines) is 1. The molecule has 1 spiro atoms. The molecule has 2 aliphatic heterocycles. The van der Waals surface area contributed by atoms with E-state index in [1.54, 1.807) is 0 Å². The zero-order valence-electron chi connectivity index (χ0n) is 15.2. The van der Waals surface area contributed by atoms with Crippen molar-refractivity contribution in [2.75, 3.05) is 26.2 Å². The van der Waals surface area contributed by atoms with Crippen LogP contribution in [0.4, 0.5) is 0 Å². The molecule has 2 aromatic carbocycles. The molecule has 0 bridgehead atoms. The van der Waals surface area contributed by atoms with E-state index in [-0.39, 0.29) is 5.91 Å². The first-order chi connectivity index (χ1) is 12.2. The Balaban J connectivity index is 1.58. The molecule has 3 heteroatoms. The van der Waals surface area contributed by atoms with Crippen LogP contribution in [-0.4, -0.2) is 37.0 Å². The number of benzene rings is 2. The van der Waals surface area contributed by atoms with E-state index in [2.05, 4.69) is 41.4 Å². The minimum Gasteiger partial charge on any atom is -0.339 e. The monoisotopic (exact) mass is 336 g/mol. The fraction of sp³-hybridized carbons (Fsp3) is 0.500. The van der Waals surface area contributed by atoms with Crippen molar-refractivity contribution in [3.05, 3.63) is 47.5 Å². The molecule has 2 aliphatic rings. The number of rotatable bonds is 1. The first-order valence-corrected chi connectivity index (χ1v) is 9.67. The molecule has 0 atom stereocenters. The van der Waals surface area contributed by atoms with E-state index >= 15 is 0 Å². The second kappa shape index (κ2) is 6.80. The van der Waals surface area contributed by atoms with Crippen LogP contribution in [0, 0.1) is 12.3 Å². The third-order valence-corrected chi connectivity index (χ3v) is 6.37. The number of nitrogens with zero attached hydrogens (tertiary/aromatic N) is 1. The van der Waals surface area contributed by atoms with Crippen LogP contribution in [0.3, 0.4) is 0 Å². The first kappa shape index (κ1) is 16.6. The van der Waals surface area contributed by atoms with Crippen molar-refractivity contribution >= 4 is 16.7 Å². The maximum atomic E-state index is 13.3. The Hall–Kier alpha value is -1.87. The fourth-order valence-electron chi connectivity index (χ4n) is 4.72. The summed E-state index contributed by atoms with van der Waals surface area (Å²) in [6.45, 7) is 6.19. The Bertz CT molecular complexity index is 777. The first-order valence-electron chi connectivity index (χ1n) is 9.67. The number of amides is 1. The Morgan fingerprint density at radius 3 is 2.52 bits per heavy atom. The number of carbonyl (C=O) groups is 1.